The Morgan fingerprint density at radius 3 is 2.58 bits per heavy atom. The molecule has 1 aliphatic heterocycles. The molecule has 1 aliphatic rings. The van der Waals surface area contributed by atoms with Gasteiger partial charge in [-0.05, 0) is 61.0 Å². The summed E-state index contributed by atoms with van der Waals surface area (Å²) in [6, 6.07) is 16.6. The van der Waals surface area contributed by atoms with Gasteiger partial charge in [0, 0.05) is 37.4 Å². The highest BCUT2D eigenvalue weighted by Crippen LogP contribution is 2.35. The number of urea groups is 1. The van der Waals surface area contributed by atoms with Gasteiger partial charge in [-0.15, -0.1) is 11.3 Å². The molecule has 0 unspecified atom stereocenters. The van der Waals surface area contributed by atoms with E-state index in [1.54, 1.807) is 30.5 Å². The van der Waals surface area contributed by atoms with Gasteiger partial charge in [0.2, 0.25) is 5.91 Å². The van der Waals surface area contributed by atoms with Crippen molar-refractivity contribution in [2.24, 2.45) is 0 Å². The third-order valence-electron chi connectivity index (χ3n) is 6.57. The molecule has 0 radical (unpaired) electrons. The lowest BCUT2D eigenvalue weighted by molar-refractivity contribution is -0.135. The summed E-state index contributed by atoms with van der Waals surface area (Å²) in [5, 5.41) is 4.98. The number of hydrogen-bond donors (Lipinski definition) is 1. The van der Waals surface area contributed by atoms with Crippen LogP contribution >= 0.6 is 11.3 Å². The first-order valence-electron chi connectivity index (χ1n) is 12.7. The number of para-hydroxylation sites is 2. The number of aryl methyl sites for hydroxylation is 1. The van der Waals surface area contributed by atoms with Crippen molar-refractivity contribution in [1.29, 1.82) is 0 Å². The number of ether oxygens (including phenoxy) is 3. The summed E-state index contributed by atoms with van der Waals surface area (Å²) >= 11 is 1.70. The first-order chi connectivity index (χ1) is 18.5. The highest BCUT2D eigenvalue weighted by molar-refractivity contribution is 7.10. The van der Waals surface area contributed by atoms with Crippen LogP contribution in [0.3, 0.4) is 0 Å². The van der Waals surface area contributed by atoms with E-state index in [2.05, 4.69) is 16.8 Å². The standard InChI is InChI=1S/C29H35N3O5S/c1-21-9-11-22(12-10-21)30-29(34)31(15-6-17-35-2)19-28(33)32-16-13-27-23(14-18-38-27)24(32)20-37-26-8-5-4-7-25(26)36-3/h4-5,7-12,14,18,24H,6,13,15-17,19-20H2,1-3H3,(H,30,34)/t24-/m1/s1. The lowest BCUT2D eigenvalue weighted by atomic mass is 10.0. The highest BCUT2D eigenvalue weighted by Gasteiger charge is 2.33. The van der Waals surface area contributed by atoms with Crippen LogP contribution in [-0.2, 0) is 16.0 Å². The molecule has 3 amide bonds. The van der Waals surface area contributed by atoms with Gasteiger partial charge in [0.1, 0.15) is 13.2 Å². The number of thiophene rings is 1. The van der Waals surface area contributed by atoms with E-state index in [-0.39, 0.29) is 31.1 Å². The average molecular weight is 538 g/mol. The number of carbonyl (C=O) groups is 2. The number of methoxy groups -OCH3 is 2. The Balaban J connectivity index is 1.49. The maximum Gasteiger partial charge on any atom is 0.322 e. The Bertz CT molecular complexity index is 1210. The van der Waals surface area contributed by atoms with Crippen molar-refractivity contribution in [3.63, 3.8) is 0 Å². The van der Waals surface area contributed by atoms with E-state index in [9.17, 15) is 9.59 Å². The molecule has 202 valence electrons. The van der Waals surface area contributed by atoms with Crippen LogP contribution in [0, 0.1) is 6.92 Å². The summed E-state index contributed by atoms with van der Waals surface area (Å²) in [4.78, 5) is 31.6. The van der Waals surface area contributed by atoms with Crippen molar-refractivity contribution in [2.75, 3.05) is 52.4 Å². The third-order valence-corrected chi connectivity index (χ3v) is 7.57. The van der Waals surface area contributed by atoms with Gasteiger partial charge in [0.15, 0.2) is 11.5 Å². The van der Waals surface area contributed by atoms with Crippen molar-refractivity contribution in [2.45, 2.75) is 25.8 Å². The fourth-order valence-corrected chi connectivity index (χ4v) is 5.46. The largest absolute Gasteiger partial charge is 0.493 e. The van der Waals surface area contributed by atoms with E-state index in [0.29, 0.717) is 43.3 Å². The molecule has 2 aromatic carbocycles. The molecular weight excluding hydrogens is 502 g/mol. The topological polar surface area (TPSA) is 80.3 Å². The number of nitrogens with zero attached hydrogens (tertiary/aromatic N) is 2. The van der Waals surface area contributed by atoms with Crippen molar-refractivity contribution in [1.82, 2.24) is 9.80 Å². The number of anilines is 1. The molecule has 38 heavy (non-hydrogen) atoms. The summed E-state index contributed by atoms with van der Waals surface area (Å²) in [5.74, 6) is 1.15. The summed E-state index contributed by atoms with van der Waals surface area (Å²) in [5.41, 5.74) is 2.89. The molecule has 4 rings (SSSR count). The zero-order valence-electron chi connectivity index (χ0n) is 22.1. The normalized spacial score (nSPS) is 14.5. The van der Waals surface area contributed by atoms with Crippen LogP contribution in [0.5, 0.6) is 11.5 Å². The number of carbonyl (C=O) groups excluding carboxylic acids is 2. The Morgan fingerprint density at radius 1 is 1.08 bits per heavy atom. The molecule has 2 heterocycles. The van der Waals surface area contributed by atoms with Crippen LogP contribution in [0.1, 0.15) is 28.5 Å². The first-order valence-corrected chi connectivity index (χ1v) is 13.6. The minimum absolute atomic E-state index is 0.0357. The number of benzene rings is 2. The number of nitrogens with one attached hydrogen (secondary N) is 1. The molecule has 0 saturated carbocycles. The molecular formula is C29H35N3O5S. The van der Waals surface area contributed by atoms with Crippen LogP contribution < -0.4 is 14.8 Å². The van der Waals surface area contributed by atoms with E-state index in [1.807, 2.05) is 60.4 Å². The molecule has 1 N–H and O–H groups in total. The maximum atomic E-state index is 13.7. The second-order valence-corrected chi connectivity index (χ2v) is 10.2. The second-order valence-electron chi connectivity index (χ2n) is 9.18. The van der Waals surface area contributed by atoms with Gasteiger partial charge in [0.05, 0.1) is 13.2 Å². The van der Waals surface area contributed by atoms with Crippen LogP contribution in [0.25, 0.3) is 0 Å². The summed E-state index contributed by atoms with van der Waals surface area (Å²) in [6.07, 6.45) is 1.41. The van der Waals surface area contributed by atoms with Crippen molar-refractivity contribution in [3.8, 4) is 11.5 Å². The fourth-order valence-electron chi connectivity index (χ4n) is 4.53. The Kier molecular flexibility index (Phi) is 9.62. The quantitative estimate of drug-likeness (QED) is 0.343. The Labute approximate surface area is 228 Å². The van der Waals surface area contributed by atoms with Gasteiger partial charge in [-0.2, -0.15) is 0 Å². The predicted molar refractivity (Wildman–Crippen MR) is 149 cm³/mol. The monoisotopic (exact) mass is 537 g/mol. The molecule has 0 aliphatic carbocycles. The van der Waals surface area contributed by atoms with E-state index >= 15 is 0 Å². The molecule has 3 aromatic rings. The van der Waals surface area contributed by atoms with Gasteiger partial charge in [-0.1, -0.05) is 29.8 Å². The SMILES string of the molecule is COCCCN(CC(=O)N1CCc2sccc2[C@H]1COc1ccccc1OC)C(=O)Nc1ccc(C)cc1. The zero-order chi connectivity index (χ0) is 26.9. The van der Waals surface area contributed by atoms with Gasteiger partial charge >= 0.3 is 6.03 Å². The van der Waals surface area contributed by atoms with Crippen LogP contribution in [0.15, 0.2) is 60.0 Å². The summed E-state index contributed by atoms with van der Waals surface area (Å²) in [7, 11) is 3.23. The van der Waals surface area contributed by atoms with Gasteiger partial charge in [0.25, 0.3) is 0 Å². The van der Waals surface area contributed by atoms with Crippen molar-refractivity contribution < 1.29 is 23.8 Å². The second kappa shape index (κ2) is 13.3. The van der Waals surface area contributed by atoms with Gasteiger partial charge < -0.3 is 29.3 Å². The minimum Gasteiger partial charge on any atom is -0.493 e. The predicted octanol–water partition coefficient (Wildman–Crippen LogP) is 5.14. The summed E-state index contributed by atoms with van der Waals surface area (Å²) in [6.45, 7) is 3.71. The van der Waals surface area contributed by atoms with E-state index in [1.165, 1.54) is 4.88 Å². The average Bonchev–Trinajstić information content (AvgIpc) is 3.42. The summed E-state index contributed by atoms with van der Waals surface area (Å²) < 4.78 is 16.8. The molecule has 0 saturated heterocycles. The number of fused-ring (bicyclic) bond motifs is 1. The number of rotatable bonds is 11. The Morgan fingerprint density at radius 2 is 1.84 bits per heavy atom. The number of amides is 3. The third kappa shape index (κ3) is 6.85. The van der Waals surface area contributed by atoms with Crippen LogP contribution in [-0.4, -0.2) is 68.8 Å². The fraction of sp³-hybridized carbons (Fsp3) is 0.379. The lowest BCUT2D eigenvalue weighted by Crippen LogP contribution is -2.49. The molecule has 1 aromatic heterocycles. The van der Waals surface area contributed by atoms with Gasteiger partial charge in [-0.25, -0.2) is 4.79 Å². The number of hydrogen-bond acceptors (Lipinski definition) is 6. The van der Waals surface area contributed by atoms with Crippen molar-refractivity contribution in [3.05, 3.63) is 76.0 Å². The maximum absolute atomic E-state index is 13.7. The molecule has 9 heteroatoms. The van der Waals surface area contributed by atoms with Crippen LogP contribution in [0.2, 0.25) is 0 Å². The van der Waals surface area contributed by atoms with E-state index < -0.39 is 0 Å². The lowest BCUT2D eigenvalue weighted by Gasteiger charge is -2.37. The molecule has 0 bridgehead atoms. The first kappa shape index (κ1) is 27.5. The molecule has 1 atom stereocenters. The van der Waals surface area contributed by atoms with E-state index in [0.717, 1.165) is 17.5 Å². The highest BCUT2D eigenvalue weighted by atomic mass is 32.1. The van der Waals surface area contributed by atoms with Gasteiger partial charge in [-0.3, -0.25) is 4.79 Å². The van der Waals surface area contributed by atoms with E-state index in [4.69, 9.17) is 14.2 Å². The van der Waals surface area contributed by atoms with Crippen molar-refractivity contribution >= 4 is 29.0 Å². The molecule has 0 spiro atoms. The van der Waals surface area contributed by atoms with Crippen LogP contribution in [0.4, 0.5) is 10.5 Å². The smallest absolute Gasteiger partial charge is 0.322 e. The minimum atomic E-state index is -0.312. The molecule has 8 nitrogen and oxygen atoms in total. The Hall–Kier alpha value is -3.56. The molecule has 0 fully saturated rings. The zero-order valence-corrected chi connectivity index (χ0v) is 23.0.